The monoisotopic (exact) mass is 266 g/mol. The molecule has 0 aliphatic carbocycles. The van der Waals surface area contributed by atoms with E-state index in [2.05, 4.69) is 37.0 Å². The van der Waals surface area contributed by atoms with E-state index in [4.69, 9.17) is 10.2 Å². The lowest BCUT2D eigenvalue weighted by molar-refractivity contribution is 0.525. The van der Waals surface area contributed by atoms with Crippen molar-refractivity contribution >= 4 is 11.1 Å². The third kappa shape index (κ3) is 2.21. The summed E-state index contributed by atoms with van der Waals surface area (Å²) in [5, 5.41) is 0. The average Bonchev–Trinajstić information content (AvgIpc) is 2.84. The molecule has 0 spiro atoms. The van der Waals surface area contributed by atoms with E-state index in [1.807, 2.05) is 25.1 Å². The highest BCUT2D eigenvalue weighted by atomic mass is 16.3. The Hall–Kier alpha value is -2.13. The van der Waals surface area contributed by atoms with Crippen molar-refractivity contribution in [3.63, 3.8) is 0 Å². The molecule has 1 unspecified atom stereocenters. The molecule has 0 bridgehead atoms. The van der Waals surface area contributed by atoms with Crippen LogP contribution in [-0.4, -0.2) is 4.98 Å². The van der Waals surface area contributed by atoms with Crippen LogP contribution in [0.3, 0.4) is 0 Å². The lowest BCUT2D eigenvalue weighted by Crippen LogP contribution is -2.11. The zero-order valence-corrected chi connectivity index (χ0v) is 12.0. The topological polar surface area (TPSA) is 52.0 Å². The highest BCUT2D eigenvalue weighted by molar-refractivity contribution is 5.73. The first-order chi connectivity index (χ1) is 9.54. The van der Waals surface area contributed by atoms with E-state index in [0.717, 1.165) is 28.1 Å². The zero-order valence-electron chi connectivity index (χ0n) is 12.0. The Morgan fingerprint density at radius 3 is 2.55 bits per heavy atom. The van der Waals surface area contributed by atoms with Gasteiger partial charge in [0.2, 0.25) is 0 Å². The van der Waals surface area contributed by atoms with Crippen molar-refractivity contribution in [2.24, 2.45) is 5.73 Å². The summed E-state index contributed by atoms with van der Waals surface area (Å²) in [5.74, 6) is 0.751. The number of nitrogens with zero attached hydrogens (tertiary/aromatic N) is 1. The molecule has 2 N–H and O–H groups in total. The normalized spacial score (nSPS) is 12.8. The van der Waals surface area contributed by atoms with Gasteiger partial charge in [0.15, 0.2) is 5.58 Å². The maximum absolute atomic E-state index is 6.32. The van der Waals surface area contributed by atoms with E-state index < -0.39 is 0 Å². The summed E-state index contributed by atoms with van der Waals surface area (Å²) in [6.07, 6.45) is 0. The number of rotatable bonds is 2. The van der Waals surface area contributed by atoms with Crippen molar-refractivity contribution < 1.29 is 4.42 Å². The van der Waals surface area contributed by atoms with Gasteiger partial charge in [-0.25, -0.2) is 4.98 Å². The molecule has 3 rings (SSSR count). The zero-order chi connectivity index (χ0) is 14.3. The second kappa shape index (κ2) is 4.76. The molecule has 1 atom stereocenters. The molecule has 2 heterocycles. The lowest BCUT2D eigenvalue weighted by Gasteiger charge is -2.11. The van der Waals surface area contributed by atoms with Gasteiger partial charge in [-0.05, 0) is 49.6 Å². The molecule has 0 saturated carbocycles. The smallest absolute Gasteiger partial charge is 0.152 e. The fraction of sp³-hybridized carbons (Fsp3) is 0.235. The number of benzene rings is 1. The van der Waals surface area contributed by atoms with Gasteiger partial charge in [0.25, 0.3) is 0 Å². The molecule has 1 aromatic carbocycles. The van der Waals surface area contributed by atoms with E-state index in [0.29, 0.717) is 0 Å². The maximum Gasteiger partial charge on any atom is 0.152 e. The van der Waals surface area contributed by atoms with Gasteiger partial charge in [0, 0.05) is 11.8 Å². The summed E-state index contributed by atoms with van der Waals surface area (Å²) in [7, 11) is 0. The van der Waals surface area contributed by atoms with Gasteiger partial charge in [-0.3, -0.25) is 0 Å². The molecule has 3 nitrogen and oxygen atoms in total. The van der Waals surface area contributed by atoms with Crippen LogP contribution in [-0.2, 0) is 0 Å². The molecule has 0 amide bonds. The predicted octanol–water partition coefficient (Wildman–Crippen LogP) is 3.80. The van der Waals surface area contributed by atoms with Crippen molar-refractivity contribution in [3.8, 4) is 0 Å². The van der Waals surface area contributed by atoms with Gasteiger partial charge in [-0.15, -0.1) is 0 Å². The Morgan fingerprint density at radius 1 is 1.00 bits per heavy atom. The number of fused-ring (bicyclic) bond motifs is 1. The van der Waals surface area contributed by atoms with Crippen molar-refractivity contribution in [1.29, 1.82) is 0 Å². The third-order valence-electron chi connectivity index (χ3n) is 3.73. The van der Waals surface area contributed by atoms with E-state index in [1.165, 1.54) is 11.1 Å². The van der Waals surface area contributed by atoms with E-state index in [9.17, 15) is 0 Å². The van der Waals surface area contributed by atoms with Crippen LogP contribution in [0.1, 0.15) is 34.2 Å². The van der Waals surface area contributed by atoms with Crippen molar-refractivity contribution in [1.82, 2.24) is 4.98 Å². The van der Waals surface area contributed by atoms with Crippen LogP contribution in [0, 0.1) is 20.8 Å². The second-order valence-corrected chi connectivity index (χ2v) is 5.31. The van der Waals surface area contributed by atoms with Crippen LogP contribution in [0.2, 0.25) is 0 Å². The summed E-state index contributed by atoms with van der Waals surface area (Å²) >= 11 is 0. The highest BCUT2D eigenvalue weighted by Crippen LogP contribution is 2.27. The van der Waals surface area contributed by atoms with Crippen LogP contribution in [0.4, 0.5) is 0 Å². The van der Waals surface area contributed by atoms with Crippen LogP contribution >= 0.6 is 0 Å². The van der Waals surface area contributed by atoms with Crippen LogP contribution in [0.25, 0.3) is 11.1 Å². The van der Waals surface area contributed by atoms with E-state index in [-0.39, 0.29) is 6.04 Å². The average molecular weight is 266 g/mol. The molecule has 3 aromatic rings. The molecular formula is C17H18N2O. The van der Waals surface area contributed by atoms with Crippen LogP contribution in [0.15, 0.2) is 40.8 Å². The number of pyridine rings is 1. The molecule has 3 heteroatoms. The Morgan fingerprint density at radius 2 is 1.80 bits per heavy atom. The summed E-state index contributed by atoms with van der Waals surface area (Å²) in [4.78, 5) is 4.45. The van der Waals surface area contributed by atoms with E-state index >= 15 is 0 Å². The molecule has 0 aliphatic rings. The molecular weight excluding hydrogens is 248 g/mol. The first kappa shape index (κ1) is 12.9. The van der Waals surface area contributed by atoms with E-state index in [1.54, 1.807) is 0 Å². The molecule has 0 saturated heterocycles. The van der Waals surface area contributed by atoms with Crippen molar-refractivity contribution in [2.75, 3.05) is 0 Å². The Labute approximate surface area is 118 Å². The first-order valence-electron chi connectivity index (χ1n) is 6.74. The number of hydrogen-bond donors (Lipinski definition) is 1. The summed E-state index contributed by atoms with van der Waals surface area (Å²) in [6.45, 7) is 6.16. The first-order valence-corrected chi connectivity index (χ1v) is 6.74. The quantitative estimate of drug-likeness (QED) is 0.767. The molecule has 0 fully saturated rings. The minimum absolute atomic E-state index is 0.260. The maximum atomic E-state index is 6.32. The number of furan rings is 1. The second-order valence-electron chi connectivity index (χ2n) is 5.31. The fourth-order valence-electron chi connectivity index (χ4n) is 2.32. The van der Waals surface area contributed by atoms with Gasteiger partial charge in [0.1, 0.15) is 11.3 Å². The molecule has 20 heavy (non-hydrogen) atoms. The largest absolute Gasteiger partial charge is 0.457 e. The van der Waals surface area contributed by atoms with Crippen molar-refractivity contribution in [2.45, 2.75) is 26.8 Å². The standard InChI is InChI=1S/C17H18N2O/c1-10-4-6-13(8-11(10)2)17(18)16-9-14-15(20-16)7-5-12(3)19-14/h4-9,17H,18H2,1-3H3. The highest BCUT2D eigenvalue weighted by Gasteiger charge is 2.15. The Bertz CT molecular complexity index is 774. The van der Waals surface area contributed by atoms with Gasteiger partial charge in [-0.1, -0.05) is 18.2 Å². The van der Waals surface area contributed by atoms with Gasteiger partial charge in [-0.2, -0.15) is 0 Å². The van der Waals surface area contributed by atoms with Gasteiger partial charge >= 0.3 is 0 Å². The number of aromatic nitrogens is 1. The van der Waals surface area contributed by atoms with Crippen LogP contribution < -0.4 is 5.73 Å². The SMILES string of the molecule is Cc1ccc2oc(C(N)c3ccc(C)c(C)c3)cc2n1. The van der Waals surface area contributed by atoms with Gasteiger partial charge < -0.3 is 10.2 Å². The van der Waals surface area contributed by atoms with Gasteiger partial charge in [0.05, 0.1) is 6.04 Å². The minimum atomic E-state index is -0.260. The number of aryl methyl sites for hydroxylation is 3. The third-order valence-corrected chi connectivity index (χ3v) is 3.73. The molecule has 102 valence electrons. The Balaban J connectivity index is 2.02. The fourth-order valence-corrected chi connectivity index (χ4v) is 2.32. The summed E-state index contributed by atoms with van der Waals surface area (Å²) in [5.41, 5.74) is 12.5. The summed E-state index contributed by atoms with van der Waals surface area (Å²) < 4.78 is 5.82. The predicted molar refractivity (Wildman–Crippen MR) is 80.7 cm³/mol. The number of nitrogens with two attached hydrogens (primary N) is 1. The molecule has 2 aromatic heterocycles. The Kier molecular flexibility index (Phi) is 3.07. The summed E-state index contributed by atoms with van der Waals surface area (Å²) in [6, 6.07) is 11.8. The molecule has 0 aliphatic heterocycles. The minimum Gasteiger partial charge on any atom is -0.457 e. The van der Waals surface area contributed by atoms with Crippen LogP contribution in [0.5, 0.6) is 0 Å². The number of hydrogen-bond acceptors (Lipinski definition) is 3. The molecule has 0 radical (unpaired) electrons. The van der Waals surface area contributed by atoms with Crippen molar-refractivity contribution in [3.05, 3.63) is 64.5 Å². The lowest BCUT2D eigenvalue weighted by atomic mass is 10.0.